The Morgan fingerprint density at radius 2 is 1.51 bits per heavy atom. The van der Waals surface area contributed by atoms with E-state index in [-0.39, 0.29) is 38.4 Å². The summed E-state index contributed by atoms with van der Waals surface area (Å²) in [4.78, 5) is 40.0. The molecular weight excluding hydrogens is 501 g/mol. The van der Waals surface area contributed by atoms with Crippen LogP contribution in [0.15, 0.2) is 48.5 Å². The highest BCUT2D eigenvalue weighted by Gasteiger charge is 2.37. The lowest BCUT2D eigenvalue weighted by molar-refractivity contribution is -0.138. The topological polar surface area (TPSA) is 98.4 Å². The maximum absolute atomic E-state index is 13.6. The van der Waals surface area contributed by atoms with E-state index in [9.17, 15) is 36.3 Å². The molecule has 13 heteroatoms. The van der Waals surface area contributed by atoms with Crippen LogP contribution in [0, 0.1) is 11.6 Å². The summed E-state index contributed by atoms with van der Waals surface area (Å²) < 4.78 is 66.4. The molecule has 0 atom stereocenters. The molecule has 3 aromatic rings. The summed E-state index contributed by atoms with van der Waals surface area (Å²) in [5.74, 6) is -3.45. The Morgan fingerprint density at radius 1 is 0.892 bits per heavy atom. The van der Waals surface area contributed by atoms with Crippen molar-refractivity contribution < 1.29 is 36.3 Å². The van der Waals surface area contributed by atoms with E-state index in [1.165, 1.54) is 35.2 Å². The fourth-order valence-electron chi connectivity index (χ4n) is 3.84. The molecule has 8 nitrogen and oxygen atoms in total. The van der Waals surface area contributed by atoms with Crippen LogP contribution in [0.5, 0.6) is 0 Å². The number of piperazine rings is 1. The van der Waals surface area contributed by atoms with Gasteiger partial charge in [0.1, 0.15) is 11.6 Å². The second kappa shape index (κ2) is 10.4. The molecule has 0 bridgehead atoms. The van der Waals surface area contributed by atoms with Gasteiger partial charge in [-0.3, -0.25) is 19.5 Å². The number of nitrogens with one attached hydrogen (secondary N) is 2. The summed E-state index contributed by atoms with van der Waals surface area (Å²) >= 11 is 0. The van der Waals surface area contributed by atoms with Gasteiger partial charge in [-0.2, -0.15) is 18.3 Å². The number of nitrogens with zero attached hydrogens (tertiary/aromatic N) is 3. The molecule has 1 fully saturated rings. The van der Waals surface area contributed by atoms with E-state index in [2.05, 4.69) is 15.5 Å². The Bertz CT molecular complexity index is 1320. The summed E-state index contributed by atoms with van der Waals surface area (Å²) in [6.45, 7) is -0.449. The van der Waals surface area contributed by atoms with E-state index in [4.69, 9.17) is 0 Å². The Labute approximate surface area is 207 Å². The van der Waals surface area contributed by atoms with Crippen LogP contribution in [0.4, 0.5) is 22.0 Å². The summed E-state index contributed by atoms with van der Waals surface area (Å²) in [5, 5.41) is 8.99. The van der Waals surface area contributed by atoms with Gasteiger partial charge in [-0.15, -0.1) is 0 Å². The zero-order chi connectivity index (χ0) is 26.7. The molecule has 2 heterocycles. The SMILES string of the molecule is O=C(NCC(=O)N1CCN(C(=O)c2cc(F)ccc2C(F)(F)F)CC1)c1cc(-c2ccc(F)cc2)[nH]n1. The van der Waals surface area contributed by atoms with Crippen molar-refractivity contribution in [3.05, 3.63) is 77.0 Å². The van der Waals surface area contributed by atoms with E-state index >= 15 is 0 Å². The number of aromatic nitrogens is 2. The van der Waals surface area contributed by atoms with Crippen molar-refractivity contribution in [3.63, 3.8) is 0 Å². The van der Waals surface area contributed by atoms with Crippen LogP contribution in [0.1, 0.15) is 26.4 Å². The van der Waals surface area contributed by atoms with E-state index < -0.39 is 46.7 Å². The number of aromatic amines is 1. The number of carbonyl (C=O) groups excluding carboxylic acids is 3. The largest absolute Gasteiger partial charge is 0.417 e. The van der Waals surface area contributed by atoms with Crippen molar-refractivity contribution in [1.82, 2.24) is 25.3 Å². The highest BCUT2D eigenvalue weighted by atomic mass is 19.4. The zero-order valence-corrected chi connectivity index (χ0v) is 19.1. The molecule has 0 aliphatic carbocycles. The average molecular weight is 521 g/mol. The molecule has 37 heavy (non-hydrogen) atoms. The van der Waals surface area contributed by atoms with Crippen LogP contribution in [0.25, 0.3) is 11.3 Å². The van der Waals surface area contributed by atoms with Crippen molar-refractivity contribution in [2.45, 2.75) is 6.18 Å². The van der Waals surface area contributed by atoms with Gasteiger partial charge >= 0.3 is 6.18 Å². The van der Waals surface area contributed by atoms with Crippen molar-refractivity contribution >= 4 is 17.7 Å². The normalized spacial score (nSPS) is 14.0. The Morgan fingerprint density at radius 3 is 2.16 bits per heavy atom. The van der Waals surface area contributed by atoms with Gasteiger partial charge in [0.15, 0.2) is 5.69 Å². The standard InChI is InChI=1S/C24H20F5N5O3/c25-15-3-1-14(2-4-15)19-12-20(32-31-19)22(36)30-13-21(35)33-7-9-34(10-8-33)23(37)17-11-16(26)5-6-18(17)24(27,28)29/h1-6,11-12H,7-10,13H2,(H,30,36)(H,31,32). The van der Waals surface area contributed by atoms with Crippen LogP contribution in [-0.2, 0) is 11.0 Å². The quantitative estimate of drug-likeness (QED) is 0.505. The van der Waals surface area contributed by atoms with Crippen LogP contribution in [-0.4, -0.2) is 70.4 Å². The first-order chi connectivity index (χ1) is 17.5. The molecule has 4 rings (SSSR count). The molecule has 1 aromatic heterocycles. The first-order valence-electron chi connectivity index (χ1n) is 11.1. The summed E-state index contributed by atoms with van der Waals surface area (Å²) in [5.41, 5.74) is -0.931. The molecular formula is C24H20F5N5O3. The van der Waals surface area contributed by atoms with Crippen LogP contribution in [0.2, 0.25) is 0 Å². The van der Waals surface area contributed by atoms with Gasteiger partial charge in [-0.25, -0.2) is 8.78 Å². The van der Waals surface area contributed by atoms with E-state index in [0.717, 1.165) is 4.90 Å². The molecule has 1 aliphatic heterocycles. The molecule has 1 aliphatic rings. The second-order valence-corrected chi connectivity index (χ2v) is 8.22. The van der Waals surface area contributed by atoms with Gasteiger partial charge in [0, 0.05) is 26.2 Å². The van der Waals surface area contributed by atoms with Gasteiger partial charge in [0.2, 0.25) is 5.91 Å². The summed E-state index contributed by atoms with van der Waals surface area (Å²) in [6, 6.07) is 8.69. The van der Waals surface area contributed by atoms with Crippen LogP contribution >= 0.6 is 0 Å². The maximum Gasteiger partial charge on any atom is 0.417 e. The van der Waals surface area contributed by atoms with Crippen LogP contribution < -0.4 is 5.32 Å². The van der Waals surface area contributed by atoms with Gasteiger partial charge in [-0.05, 0) is 54.1 Å². The molecule has 0 spiro atoms. The number of H-pyrrole nitrogens is 1. The second-order valence-electron chi connectivity index (χ2n) is 8.22. The molecule has 2 aromatic carbocycles. The van der Waals surface area contributed by atoms with Gasteiger partial charge in [0.25, 0.3) is 11.8 Å². The number of hydrogen-bond donors (Lipinski definition) is 2. The zero-order valence-electron chi connectivity index (χ0n) is 19.1. The highest BCUT2D eigenvalue weighted by molar-refractivity contribution is 5.97. The predicted molar refractivity (Wildman–Crippen MR) is 120 cm³/mol. The van der Waals surface area contributed by atoms with Crippen molar-refractivity contribution in [2.75, 3.05) is 32.7 Å². The third kappa shape index (κ3) is 5.93. The molecule has 0 unspecified atom stereocenters. The number of hydrogen-bond acceptors (Lipinski definition) is 4. The first kappa shape index (κ1) is 25.8. The van der Waals surface area contributed by atoms with Gasteiger partial charge < -0.3 is 15.1 Å². The number of rotatable bonds is 5. The monoisotopic (exact) mass is 521 g/mol. The van der Waals surface area contributed by atoms with Crippen molar-refractivity contribution in [1.29, 1.82) is 0 Å². The number of amides is 3. The van der Waals surface area contributed by atoms with Gasteiger partial charge in [0.05, 0.1) is 23.4 Å². The van der Waals surface area contributed by atoms with E-state index in [0.29, 0.717) is 29.5 Å². The van der Waals surface area contributed by atoms with E-state index in [1.807, 2.05) is 0 Å². The highest BCUT2D eigenvalue weighted by Crippen LogP contribution is 2.33. The Hall–Kier alpha value is -4.29. The summed E-state index contributed by atoms with van der Waals surface area (Å²) in [6.07, 6.45) is -4.83. The number of benzene rings is 2. The molecule has 0 radical (unpaired) electrons. The third-order valence-corrected chi connectivity index (χ3v) is 5.80. The average Bonchev–Trinajstić information content (AvgIpc) is 3.37. The lowest BCUT2D eigenvalue weighted by Crippen LogP contribution is -2.52. The van der Waals surface area contributed by atoms with Gasteiger partial charge in [-0.1, -0.05) is 0 Å². The minimum absolute atomic E-state index is 0.0121. The summed E-state index contributed by atoms with van der Waals surface area (Å²) in [7, 11) is 0. The molecule has 1 saturated heterocycles. The number of alkyl halides is 3. The van der Waals surface area contributed by atoms with E-state index in [1.54, 1.807) is 0 Å². The molecule has 0 saturated carbocycles. The third-order valence-electron chi connectivity index (χ3n) is 5.80. The minimum Gasteiger partial charge on any atom is -0.342 e. The number of carbonyl (C=O) groups is 3. The lowest BCUT2D eigenvalue weighted by atomic mass is 10.0. The molecule has 2 N–H and O–H groups in total. The fourth-order valence-corrected chi connectivity index (χ4v) is 3.84. The maximum atomic E-state index is 13.6. The lowest BCUT2D eigenvalue weighted by Gasteiger charge is -2.35. The Kier molecular flexibility index (Phi) is 7.23. The fraction of sp³-hybridized carbons (Fsp3) is 0.250. The van der Waals surface area contributed by atoms with Crippen molar-refractivity contribution in [3.8, 4) is 11.3 Å². The number of halogens is 5. The van der Waals surface area contributed by atoms with Crippen molar-refractivity contribution in [2.24, 2.45) is 0 Å². The van der Waals surface area contributed by atoms with Crippen LogP contribution in [0.3, 0.4) is 0 Å². The smallest absolute Gasteiger partial charge is 0.342 e. The minimum atomic E-state index is -4.83. The molecule has 194 valence electrons. The predicted octanol–water partition coefficient (Wildman–Crippen LogP) is 3.09. The Balaban J connectivity index is 1.30. The first-order valence-corrected chi connectivity index (χ1v) is 11.1. The molecule has 3 amide bonds.